The molecule has 1 aromatic heterocycles. The molecule has 2 heterocycles. The normalized spacial score (nSPS) is 14.6. The third kappa shape index (κ3) is 5.62. The number of hydrogen-bond donors (Lipinski definition) is 0. The monoisotopic (exact) mass is 721 g/mol. The van der Waals surface area contributed by atoms with Gasteiger partial charge >= 0.3 is 0 Å². The second-order valence-corrected chi connectivity index (χ2v) is 12.2. The van der Waals surface area contributed by atoms with Gasteiger partial charge in [-0.1, -0.05) is 47.6 Å². The number of aromatic nitrogens is 1. The summed E-state index contributed by atoms with van der Waals surface area (Å²) < 4.78 is 20.0. The number of hydrogen-bond acceptors (Lipinski definition) is 7. The smallest absolute Gasteiger partial charge is 0.271 e. The number of nitrogens with zero attached hydrogens (tertiary/aromatic N) is 3. The van der Waals surface area contributed by atoms with Crippen LogP contribution in [0.25, 0.3) is 16.8 Å². The van der Waals surface area contributed by atoms with Crippen molar-refractivity contribution in [2.75, 3.05) is 33.9 Å². The Morgan fingerprint density at radius 2 is 1.86 bits per heavy atom. The summed E-state index contributed by atoms with van der Waals surface area (Å²) in [7, 11) is 3.16. The molecular formula is C34H32IN3O5S. The van der Waals surface area contributed by atoms with Crippen molar-refractivity contribution >= 4 is 56.7 Å². The number of ether oxygens (including phenoxy) is 3. The van der Waals surface area contributed by atoms with Crippen LogP contribution in [0.1, 0.15) is 37.9 Å². The topological polar surface area (TPSA) is 82.4 Å². The first-order valence-corrected chi connectivity index (χ1v) is 16.0. The molecule has 0 radical (unpaired) electrons. The molecule has 1 amide bonds. The summed E-state index contributed by atoms with van der Waals surface area (Å²) in [5.74, 6) is 3.95. The van der Waals surface area contributed by atoms with Crippen LogP contribution in [-0.2, 0) is 4.79 Å². The van der Waals surface area contributed by atoms with Crippen molar-refractivity contribution in [3.63, 3.8) is 0 Å². The molecule has 0 bridgehead atoms. The highest BCUT2D eigenvalue weighted by molar-refractivity contribution is 14.1. The van der Waals surface area contributed by atoms with Gasteiger partial charge in [-0.2, -0.15) is 0 Å². The fourth-order valence-electron chi connectivity index (χ4n) is 5.51. The van der Waals surface area contributed by atoms with Crippen LogP contribution in [-0.4, -0.2) is 49.3 Å². The zero-order valence-corrected chi connectivity index (χ0v) is 28.1. The van der Waals surface area contributed by atoms with Gasteiger partial charge in [-0.15, -0.1) is 6.42 Å². The van der Waals surface area contributed by atoms with E-state index in [9.17, 15) is 9.59 Å². The van der Waals surface area contributed by atoms with Gasteiger partial charge in [0, 0.05) is 18.7 Å². The van der Waals surface area contributed by atoms with Crippen LogP contribution in [0, 0.1) is 15.9 Å². The van der Waals surface area contributed by atoms with Crippen LogP contribution >= 0.6 is 33.9 Å². The van der Waals surface area contributed by atoms with Gasteiger partial charge in [-0.25, -0.2) is 4.99 Å². The van der Waals surface area contributed by atoms with Gasteiger partial charge in [0.05, 0.1) is 33.6 Å². The first-order valence-electron chi connectivity index (χ1n) is 14.1. The molecule has 1 atom stereocenters. The van der Waals surface area contributed by atoms with Crippen LogP contribution in [0.4, 0.5) is 0 Å². The van der Waals surface area contributed by atoms with Crippen molar-refractivity contribution in [3.05, 3.63) is 94.2 Å². The Hall–Kier alpha value is -4.08. The highest BCUT2D eigenvalue weighted by Crippen LogP contribution is 2.40. The minimum Gasteiger partial charge on any atom is -0.496 e. The summed E-state index contributed by atoms with van der Waals surface area (Å²) in [5.41, 5.74) is 2.26. The molecule has 10 heteroatoms. The average molecular weight is 722 g/mol. The average Bonchev–Trinajstić information content (AvgIpc) is 3.33. The summed E-state index contributed by atoms with van der Waals surface area (Å²) >= 11 is 3.44. The summed E-state index contributed by atoms with van der Waals surface area (Å²) in [5, 5.41) is 1.87. The predicted octanol–water partition coefficient (Wildman–Crippen LogP) is 4.89. The number of methoxy groups -OCH3 is 2. The number of carbonyl (C=O) groups excluding carboxylic acids is 1. The largest absolute Gasteiger partial charge is 0.496 e. The Bertz CT molecular complexity index is 2020. The third-order valence-corrected chi connectivity index (χ3v) is 9.36. The Morgan fingerprint density at radius 3 is 2.55 bits per heavy atom. The number of likely N-dealkylation sites (N-methyl/N-ethyl adjacent to an activating group) is 1. The predicted molar refractivity (Wildman–Crippen MR) is 182 cm³/mol. The second-order valence-electron chi connectivity index (χ2n) is 9.99. The van der Waals surface area contributed by atoms with Gasteiger partial charge in [-0.05, 0) is 84.0 Å². The number of amides is 1. The number of thiazole rings is 1. The first-order chi connectivity index (χ1) is 21.3. The molecule has 0 saturated heterocycles. The lowest BCUT2D eigenvalue weighted by atomic mass is 9.90. The van der Waals surface area contributed by atoms with Crippen molar-refractivity contribution in [1.82, 2.24) is 9.47 Å². The van der Waals surface area contributed by atoms with E-state index < -0.39 is 6.04 Å². The lowest BCUT2D eigenvalue weighted by Gasteiger charge is -2.30. The van der Waals surface area contributed by atoms with Crippen molar-refractivity contribution in [3.8, 4) is 29.6 Å². The molecule has 0 N–H and O–H groups in total. The number of rotatable bonds is 9. The van der Waals surface area contributed by atoms with E-state index in [4.69, 9.17) is 25.6 Å². The number of benzene rings is 3. The Kier molecular flexibility index (Phi) is 9.46. The summed E-state index contributed by atoms with van der Waals surface area (Å²) in [4.78, 5) is 35.6. The number of carbonyl (C=O) groups is 1. The zero-order chi connectivity index (χ0) is 31.5. The molecule has 5 rings (SSSR count). The highest BCUT2D eigenvalue weighted by Gasteiger charge is 2.36. The van der Waals surface area contributed by atoms with Crippen molar-refractivity contribution in [2.24, 2.45) is 4.99 Å². The maximum absolute atomic E-state index is 14.4. The molecule has 0 spiro atoms. The van der Waals surface area contributed by atoms with Crippen LogP contribution in [0.2, 0.25) is 0 Å². The van der Waals surface area contributed by atoms with E-state index in [0.29, 0.717) is 50.9 Å². The number of terminal acetylenes is 1. The van der Waals surface area contributed by atoms with Crippen LogP contribution in [0.5, 0.6) is 17.2 Å². The van der Waals surface area contributed by atoms with Crippen molar-refractivity contribution in [1.29, 1.82) is 0 Å². The quantitative estimate of drug-likeness (QED) is 0.182. The van der Waals surface area contributed by atoms with Gasteiger partial charge in [-0.3, -0.25) is 14.2 Å². The molecule has 0 fully saturated rings. The fourth-order valence-corrected chi connectivity index (χ4v) is 7.34. The Morgan fingerprint density at radius 1 is 1.14 bits per heavy atom. The van der Waals surface area contributed by atoms with Gasteiger partial charge < -0.3 is 19.1 Å². The lowest BCUT2D eigenvalue weighted by Crippen LogP contribution is -2.43. The van der Waals surface area contributed by atoms with E-state index in [0.717, 1.165) is 25.5 Å². The van der Waals surface area contributed by atoms with Crippen LogP contribution in [0.15, 0.2) is 69.6 Å². The summed E-state index contributed by atoms with van der Waals surface area (Å²) in [6.07, 6.45) is 7.19. The van der Waals surface area contributed by atoms with E-state index in [2.05, 4.69) is 28.5 Å². The molecule has 0 aliphatic carbocycles. The minimum atomic E-state index is -0.753. The van der Waals surface area contributed by atoms with E-state index >= 15 is 0 Å². The minimum absolute atomic E-state index is 0.107. The summed E-state index contributed by atoms with van der Waals surface area (Å²) in [6.45, 7) is 6.88. The second kappa shape index (κ2) is 13.3. The summed E-state index contributed by atoms with van der Waals surface area (Å²) in [6, 6.07) is 14.7. The molecule has 1 aliphatic rings. The van der Waals surface area contributed by atoms with E-state index in [1.807, 2.05) is 69.3 Å². The molecule has 0 unspecified atom stereocenters. The van der Waals surface area contributed by atoms with Crippen molar-refractivity contribution in [2.45, 2.75) is 26.8 Å². The molecular weight excluding hydrogens is 689 g/mol. The molecule has 0 saturated carbocycles. The third-order valence-electron chi connectivity index (χ3n) is 7.58. The molecule has 3 aromatic carbocycles. The van der Waals surface area contributed by atoms with Gasteiger partial charge in [0.15, 0.2) is 16.3 Å². The highest BCUT2D eigenvalue weighted by atomic mass is 127. The zero-order valence-electron chi connectivity index (χ0n) is 25.1. The van der Waals surface area contributed by atoms with E-state index in [1.165, 1.54) is 11.3 Å². The maximum Gasteiger partial charge on any atom is 0.271 e. The number of allylic oxidation sites excluding steroid dienone is 1. The molecule has 1 aliphatic heterocycles. The Balaban J connectivity index is 1.80. The van der Waals surface area contributed by atoms with Gasteiger partial charge in [0.2, 0.25) is 0 Å². The molecule has 226 valence electrons. The van der Waals surface area contributed by atoms with Crippen molar-refractivity contribution < 1.29 is 19.0 Å². The van der Waals surface area contributed by atoms with E-state index in [-0.39, 0.29) is 18.1 Å². The first kappa shape index (κ1) is 31.3. The van der Waals surface area contributed by atoms with E-state index in [1.54, 1.807) is 29.8 Å². The van der Waals surface area contributed by atoms with Crippen LogP contribution < -0.4 is 29.1 Å². The molecule has 8 nitrogen and oxygen atoms in total. The lowest BCUT2D eigenvalue weighted by molar-refractivity contribution is -0.127. The van der Waals surface area contributed by atoms with Crippen LogP contribution in [0.3, 0.4) is 0 Å². The standard InChI is InChI=1S/C34H32IN3O5S/c1-7-16-43-31-24(35)17-21(18-26(31)42-6)19-27-32(39)38-30(29-23-13-11-10-12-22(23)14-15-25(29)41-5)28(20(4)36-34(38)44-27)33(40)37(8-2)9-3/h1,10-15,17-19,30H,8-9,16H2,2-6H3/b27-19+/t30-/m0/s1. The Labute approximate surface area is 273 Å². The fraction of sp³-hybridized carbons (Fsp3) is 0.265. The maximum atomic E-state index is 14.4. The number of halogens is 1. The van der Waals surface area contributed by atoms with Gasteiger partial charge in [0.1, 0.15) is 18.4 Å². The number of fused-ring (bicyclic) bond motifs is 2. The SMILES string of the molecule is C#CCOc1c(I)cc(/C=c2/sc3n(c2=O)[C@H](c2c(OC)ccc4ccccc24)C(C(=O)N(CC)CC)=C(C)N=3)cc1OC. The molecule has 44 heavy (non-hydrogen) atoms. The molecule has 4 aromatic rings. The van der Waals surface area contributed by atoms with Gasteiger partial charge in [0.25, 0.3) is 11.5 Å².